The maximum absolute atomic E-state index is 14.9. The van der Waals surface area contributed by atoms with Gasteiger partial charge in [0.05, 0.1) is 5.02 Å². The summed E-state index contributed by atoms with van der Waals surface area (Å²) in [5.41, 5.74) is 9.88. The van der Waals surface area contributed by atoms with Gasteiger partial charge in [0.15, 0.2) is 5.17 Å². The lowest BCUT2D eigenvalue weighted by Gasteiger charge is -2.34. The number of alkyl halides is 1. The third kappa shape index (κ3) is 3.95. The molecule has 3 atom stereocenters. The van der Waals surface area contributed by atoms with E-state index in [0.29, 0.717) is 11.4 Å². The van der Waals surface area contributed by atoms with Crippen molar-refractivity contribution in [1.82, 2.24) is 4.98 Å². The fourth-order valence-electron chi connectivity index (χ4n) is 3.96. The van der Waals surface area contributed by atoms with E-state index in [1.54, 1.807) is 6.08 Å². The summed E-state index contributed by atoms with van der Waals surface area (Å²) in [7, 11) is 0. The van der Waals surface area contributed by atoms with Gasteiger partial charge in [0.1, 0.15) is 23.7 Å². The summed E-state index contributed by atoms with van der Waals surface area (Å²) in [4.78, 5) is 31.9. The number of benzene rings is 1. The van der Waals surface area contributed by atoms with Crippen LogP contribution in [0.15, 0.2) is 53.7 Å². The molecule has 1 aromatic carbocycles. The van der Waals surface area contributed by atoms with E-state index in [4.69, 9.17) is 23.1 Å². The number of pyridine rings is 1. The summed E-state index contributed by atoms with van der Waals surface area (Å²) >= 11 is 6.98. The van der Waals surface area contributed by atoms with Crippen molar-refractivity contribution in [3.8, 4) is 0 Å². The molecule has 0 bridgehead atoms. The second-order valence-electron chi connectivity index (χ2n) is 7.57. The number of nitrogens with two attached hydrogens (primary N) is 2. The molecule has 1 aliphatic carbocycles. The van der Waals surface area contributed by atoms with Crippen molar-refractivity contribution in [1.29, 1.82) is 0 Å². The van der Waals surface area contributed by atoms with Crippen LogP contribution in [0, 0.1) is 11.7 Å². The highest BCUT2D eigenvalue weighted by molar-refractivity contribution is 8.15. The number of hydrogen-bond acceptors (Lipinski definition) is 6. The van der Waals surface area contributed by atoms with Crippen molar-refractivity contribution in [2.45, 2.75) is 16.7 Å². The second-order valence-corrected chi connectivity index (χ2v) is 9.39. The quantitative estimate of drug-likeness (QED) is 0.551. The molecule has 7 nitrogen and oxygen atoms in total. The predicted octanol–water partition coefficient (Wildman–Crippen LogP) is 3.15. The Hall–Kier alpha value is -2.98. The molecule has 1 fully saturated rings. The number of amides is 2. The van der Waals surface area contributed by atoms with Crippen molar-refractivity contribution in [2.75, 3.05) is 12.0 Å². The highest BCUT2D eigenvalue weighted by Crippen LogP contribution is 2.66. The normalized spacial score (nSPS) is 26.3. The monoisotopic (exact) mass is 477 g/mol. The number of anilines is 1. The molecule has 0 unspecified atom stereocenters. The van der Waals surface area contributed by atoms with Gasteiger partial charge in [0.2, 0.25) is 5.91 Å². The molecular formula is C21H18ClF2N5O2S. The highest BCUT2D eigenvalue weighted by Gasteiger charge is 2.67. The maximum atomic E-state index is 14.9. The van der Waals surface area contributed by atoms with Crippen LogP contribution >= 0.6 is 23.4 Å². The van der Waals surface area contributed by atoms with Crippen molar-refractivity contribution in [2.24, 2.45) is 22.4 Å². The summed E-state index contributed by atoms with van der Waals surface area (Å²) in [6, 6.07) is 6.79. The molecule has 0 radical (unpaired) electrons. The van der Waals surface area contributed by atoms with Crippen LogP contribution < -0.4 is 16.8 Å². The summed E-state index contributed by atoms with van der Waals surface area (Å²) in [6.45, 7) is -1.02. The molecule has 11 heteroatoms. The van der Waals surface area contributed by atoms with Crippen molar-refractivity contribution in [3.05, 3.63) is 70.8 Å². The van der Waals surface area contributed by atoms with E-state index in [0.717, 1.165) is 6.07 Å². The second kappa shape index (κ2) is 8.18. The van der Waals surface area contributed by atoms with E-state index in [1.807, 2.05) is 0 Å². The van der Waals surface area contributed by atoms with Crippen LogP contribution in [0.3, 0.4) is 0 Å². The van der Waals surface area contributed by atoms with Crippen LogP contribution in [0.5, 0.6) is 0 Å². The first-order chi connectivity index (χ1) is 15.2. The minimum absolute atomic E-state index is 0.0375. The average Bonchev–Trinajstić information content (AvgIpc) is 3.48. The molecule has 2 amide bonds. The van der Waals surface area contributed by atoms with Gasteiger partial charge >= 0.3 is 0 Å². The number of aromatic nitrogens is 1. The number of fused-ring (bicyclic) bond motifs is 1. The average molecular weight is 478 g/mol. The number of amidine groups is 1. The van der Waals surface area contributed by atoms with E-state index in [9.17, 15) is 18.4 Å². The van der Waals surface area contributed by atoms with Gasteiger partial charge in [0.25, 0.3) is 5.91 Å². The third-order valence-electron chi connectivity index (χ3n) is 5.52. The fraction of sp³-hybridized carbons (Fsp3) is 0.238. The summed E-state index contributed by atoms with van der Waals surface area (Å²) in [5, 5.41) is 3.07. The van der Waals surface area contributed by atoms with Gasteiger partial charge < -0.3 is 16.8 Å². The molecule has 1 saturated carbocycles. The van der Waals surface area contributed by atoms with Crippen LogP contribution in [0.4, 0.5) is 14.5 Å². The molecule has 0 spiro atoms. The number of aliphatic imine (C=N–C) groups is 1. The molecule has 1 aliphatic heterocycles. The van der Waals surface area contributed by atoms with Crippen molar-refractivity contribution >= 4 is 46.0 Å². The lowest BCUT2D eigenvalue weighted by molar-refractivity contribution is -0.113. The number of nitrogens with zero attached hydrogens (tertiary/aromatic N) is 2. The van der Waals surface area contributed by atoms with Crippen LogP contribution in [0.2, 0.25) is 5.02 Å². The Bertz CT molecular complexity index is 1160. The molecule has 2 aromatic rings. The van der Waals surface area contributed by atoms with Gasteiger partial charge in [-0.1, -0.05) is 29.4 Å². The lowest BCUT2D eigenvalue weighted by atomic mass is 9.84. The molecule has 2 aliphatic rings. The van der Waals surface area contributed by atoms with Gasteiger partial charge in [-0.3, -0.25) is 9.59 Å². The molecule has 1 aromatic heterocycles. The standard InChI is InChI=1S/C21H18ClF2N5O2S/c22-11-1-4-15(27-9-11)18(31)28-12-2-3-14(24)13(7-12)21(10-23)16-8-20(16,6-5-17(25)30)32-19(26)29-21/h1-7,9,16H,8,10H2,(H2,25,30)(H2,26,29)(H,28,31)/b6-5+/t16-,20+,21-/m1/s1. The van der Waals surface area contributed by atoms with Crippen LogP contribution in [-0.2, 0) is 10.3 Å². The number of hydrogen-bond donors (Lipinski definition) is 3. The number of carbonyl (C=O) groups is 2. The number of nitrogens with one attached hydrogen (secondary N) is 1. The SMILES string of the molecule is NC(=O)/C=C/[C@]12C[C@H]1[C@@](CF)(c1cc(NC(=O)c3ccc(Cl)cn3)ccc1F)N=C(N)S2. The Morgan fingerprint density at radius 1 is 1.34 bits per heavy atom. The third-order valence-corrected chi connectivity index (χ3v) is 7.01. The molecule has 0 saturated heterocycles. The highest BCUT2D eigenvalue weighted by atomic mass is 35.5. The number of halogens is 3. The maximum Gasteiger partial charge on any atom is 0.274 e. The molecular weight excluding hydrogens is 460 g/mol. The number of thioether (sulfide) groups is 1. The zero-order chi connectivity index (χ0) is 23.1. The molecule has 5 N–H and O–H groups in total. The van der Waals surface area contributed by atoms with Gasteiger partial charge in [-0.05, 0) is 36.8 Å². The first-order valence-corrected chi connectivity index (χ1v) is 10.7. The smallest absolute Gasteiger partial charge is 0.274 e. The first kappa shape index (κ1) is 22.2. The number of rotatable bonds is 6. The van der Waals surface area contributed by atoms with Gasteiger partial charge in [-0.15, -0.1) is 0 Å². The molecule has 4 rings (SSSR count). The molecule has 166 valence electrons. The zero-order valence-corrected chi connectivity index (χ0v) is 18.1. The van der Waals surface area contributed by atoms with Crippen molar-refractivity contribution in [3.63, 3.8) is 0 Å². The molecule has 32 heavy (non-hydrogen) atoms. The van der Waals surface area contributed by atoms with Gasteiger partial charge in [-0.25, -0.2) is 18.8 Å². The van der Waals surface area contributed by atoms with E-state index in [-0.39, 0.29) is 22.1 Å². The van der Waals surface area contributed by atoms with E-state index in [1.165, 1.54) is 48.3 Å². The fourth-order valence-corrected chi connectivity index (χ4v) is 5.40. The minimum Gasteiger partial charge on any atom is -0.378 e. The van der Waals surface area contributed by atoms with Gasteiger partial charge in [-0.2, -0.15) is 0 Å². The van der Waals surface area contributed by atoms with E-state index in [2.05, 4.69) is 15.3 Å². The Morgan fingerprint density at radius 2 is 2.12 bits per heavy atom. The zero-order valence-electron chi connectivity index (χ0n) is 16.5. The van der Waals surface area contributed by atoms with Crippen LogP contribution in [0.25, 0.3) is 0 Å². The minimum atomic E-state index is -1.60. The molecule has 2 heterocycles. The first-order valence-electron chi connectivity index (χ1n) is 9.51. The summed E-state index contributed by atoms with van der Waals surface area (Å²) < 4.78 is 28.8. The van der Waals surface area contributed by atoms with Crippen LogP contribution in [0.1, 0.15) is 22.5 Å². The van der Waals surface area contributed by atoms with Crippen molar-refractivity contribution < 1.29 is 18.4 Å². The van der Waals surface area contributed by atoms with Gasteiger partial charge in [0, 0.05) is 34.2 Å². The largest absolute Gasteiger partial charge is 0.378 e. The number of primary amides is 1. The topological polar surface area (TPSA) is 123 Å². The lowest BCUT2D eigenvalue weighted by Crippen LogP contribution is -2.39. The Labute approximate surface area is 191 Å². The summed E-state index contributed by atoms with van der Waals surface area (Å²) in [5.74, 6) is -2.33. The Morgan fingerprint density at radius 3 is 2.78 bits per heavy atom. The number of carbonyl (C=O) groups excluding carboxylic acids is 2. The van der Waals surface area contributed by atoms with Crippen LogP contribution in [-0.4, -0.2) is 33.4 Å². The Balaban J connectivity index is 1.69. The predicted molar refractivity (Wildman–Crippen MR) is 120 cm³/mol. The van der Waals surface area contributed by atoms with E-state index >= 15 is 0 Å². The Kier molecular flexibility index (Phi) is 5.68. The van der Waals surface area contributed by atoms with E-state index < -0.39 is 40.5 Å². The summed E-state index contributed by atoms with van der Waals surface area (Å²) in [6.07, 6.45) is 4.53.